The first kappa shape index (κ1) is 12.6. The molecule has 1 N–H and O–H groups in total. The third-order valence-electron chi connectivity index (χ3n) is 4.18. The Morgan fingerprint density at radius 2 is 2.10 bits per heavy atom. The lowest BCUT2D eigenvalue weighted by atomic mass is 10.0. The van der Waals surface area contributed by atoms with Crippen LogP contribution < -0.4 is 15.0 Å². The molecule has 2 aromatic rings. The van der Waals surface area contributed by atoms with Crippen LogP contribution in [0.3, 0.4) is 0 Å². The number of hydrogen-bond acceptors (Lipinski definition) is 5. The predicted molar refractivity (Wildman–Crippen MR) is 80.9 cm³/mol. The van der Waals surface area contributed by atoms with Gasteiger partial charge in [0.15, 0.2) is 0 Å². The van der Waals surface area contributed by atoms with Gasteiger partial charge in [0, 0.05) is 25.3 Å². The molecule has 108 valence electrons. The van der Waals surface area contributed by atoms with E-state index in [0.717, 1.165) is 49.7 Å². The summed E-state index contributed by atoms with van der Waals surface area (Å²) in [5.74, 6) is 1.45. The highest BCUT2D eigenvalue weighted by atomic mass is 16.5. The second-order valence-corrected chi connectivity index (χ2v) is 5.45. The number of fused-ring (bicyclic) bond motifs is 2. The molecule has 0 saturated heterocycles. The van der Waals surface area contributed by atoms with Crippen LogP contribution in [0.4, 0.5) is 11.6 Å². The third-order valence-corrected chi connectivity index (χ3v) is 4.18. The lowest BCUT2D eigenvalue weighted by Gasteiger charge is -2.29. The third kappa shape index (κ3) is 2.05. The zero-order valence-electron chi connectivity index (χ0n) is 12.1. The van der Waals surface area contributed by atoms with Gasteiger partial charge in [-0.15, -0.1) is 0 Å². The van der Waals surface area contributed by atoms with Crippen LogP contribution in [0, 0.1) is 0 Å². The second kappa shape index (κ2) is 5.00. The van der Waals surface area contributed by atoms with E-state index < -0.39 is 0 Å². The Balaban J connectivity index is 1.81. The molecule has 0 fully saturated rings. The predicted octanol–water partition coefficient (Wildman–Crippen LogP) is 2.17. The van der Waals surface area contributed by atoms with Crippen LogP contribution in [0.25, 0.3) is 0 Å². The molecule has 0 atom stereocenters. The van der Waals surface area contributed by atoms with Crippen molar-refractivity contribution in [3.8, 4) is 5.88 Å². The molecule has 5 nitrogen and oxygen atoms in total. The Kier molecular flexibility index (Phi) is 3.00. The van der Waals surface area contributed by atoms with Gasteiger partial charge in [0.25, 0.3) is 0 Å². The number of hydrogen-bond donors (Lipinski definition) is 1. The Morgan fingerprint density at radius 1 is 1.19 bits per heavy atom. The molecule has 0 spiro atoms. The van der Waals surface area contributed by atoms with E-state index in [9.17, 15) is 0 Å². The number of benzene rings is 1. The Bertz CT molecular complexity index is 686. The summed E-state index contributed by atoms with van der Waals surface area (Å²) in [5, 5.41) is 3.31. The number of anilines is 2. The number of methoxy groups -OCH3 is 1. The molecule has 0 saturated carbocycles. The van der Waals surface area contributed by atoms with Crippen molar-refractivity contribution in [2.45, 2.75) is 25.9 Å². The van der Waals surface area contributed by atoms with Gasteiger partial charge in [0.05, 0.1) is 18.4 Å². The summed E-state index contributed by atoms with van der Waals surface area (Å²) in [7, 11) is 1.68. The van der Waals surface area contributed by atoms with Gasteiger partial charge in [-0.05, 0) is 24.5 Å². The highest BCUT2D eigenvalue weighted by Crippen LogP contribution is 2.34. The molecule has 1 aromatic carbocycles. The fourth-order valence-corrected chi connectivity index (χ4v) is 3.16. The molecule has 0 unspecified atom stereocenters. The summed E-state index contributed by atoms with van der Waals surface area (Å²) in [6.07, 6.45) is 2.24. The highest BCUT2D eigenvalue weighted by Gasteiger charge is 2.25. The zero-order valence-corrected chi connectivity index (χ0v) is 12.1. The zero-order chi connectivity index (χ0) is 14.2. The number of aromatic nitrogens is 2. The van der Waals surface area contributed by atoms with Crippen LogP contribution in [-0.2, 0) is 19.5 Å². The van der Waals surface area contributed by atoms with Crippen LogP contribution >= 0.6 is 0 Å². The molecule has 21 heavy (non-hydrogen) atoms. The smallest absolute Gasteiger partial charge is 0.233 e. The van der Waals surface area contributed by atoms with Crippen molar-refractivity contribution < 1.29 is 4.74 Å². The Morgan fingerprint density at radius 3 is 3.00 bits per heavy atom. The second-order valence-electron chi connectivity index (χ2n) is 5.45. The maximum absolute atomic E-state index is 5.46. The minimum absolute atomic E-state index is 0.697. The van der Waals surface area contributed by atoms with Crippen LogP contribution in [-0.4, -0.2) is 23.6 Å². The van der Waals surface area contributed by atoms with Gasteiger partial charge in [-0.2, -0.15) is 4.98 Å². The van der Waals surface area contributed by atoms with Gasteiger partial charge in [0.2, 0.25) is 11.8 Å². The van der Waals surface area contributed by atoms with Gasteiger partial charge < -0.3 is 15.0 Å². The summed E-state index contributed by atoms with van der Waals surface area (Å²) in [6, 6.07) is 8.50. The molecule has 1 aromatic heterocycles. The quantitative estimate of drug-likeness (QED) is 0.915. The summed E-state index contributed by atoms with van der Waals surface area (Å²) in [6.45, 7) is 2.53. The largest absolute Gasteiger partial charge is 0.481 e. The average Bonchev–Trinajstić information content (AvgIpc) is 3.02. The van der Waals surface area contributed by atoms with Crippen molar-refractivity contribution in [3.05, 3.63) is 41.1 Å². The van der Waals surface area contributed by atoms with Crippen molar-refractivity contribution in [2.24, 2.45) is 0 Å². The number of nitrogens with one attached hydrogen (secondary N) is 1. The minimum atomic E-state index is 0.697. The van der Waals surface area contributed by atoms with Crippen LogP contribution in [0.5, 0.6) is 5.88 Å². The molecule has 0 amide bonds. The van der Waals surface area contributed by atoms with Crippen molar-refractivity contribution in [3.63, 3.8) is 0 Å². The number of para-hydroxylation sites is 1. The SMILES string of the molecule is COc1nc(N2CCCc3ccccc32)nc2c1CNC2. The number of ether oxygens (including phenoxy) is 1. The topological polar surface area (TPSA) is 50.3 Å². The van der Waals surface area contributed by atoms with E-state index in [1.165, 1.54) is 11.3 Å². The van der Waals surface area contributed by atoms with Gasteiger partial charge in [-0.3, -0.25) is 0 Å². The lowest BCUT2D eigenvalue weighted by Crippen LogP contribution is -2.26. The van der Waals surface area contributed by atoms with Crippen molar-refractivity contribution in [1.29, 1.82) is 0 Å². The Labute approximate surface area is 124 Å². The molecule has 0 bridgehead atoms. The van der Waals surface area contributed by atoms with Gasteiger partial charge in [-0.25, -0.2) is 4.98 Å². The van der Waals surface area contributed by atoms with Crippen molar-refractivity contribution in [1.82, 2.24) is 15.3 Å². The Hall–Kier alpha value is -2.14. The van der Waals surface area contributed by atoms with Crippen molar-refractivity contribution in [2.75, 3.05) is 18.6 Å². The number of aryl methyl sites for hydroxylation is 1. The standard InChI is InChI=1S/C16H18N4O/c1-21-15-12-9-17-10-13(12)18-16(19-15)20-8-4-6-11-5-2-3-7-14(11)20/h2-3,5,7,17H,4,6,8-10H2,1H3. The van der Waals surface area contributed by atoms with E-state index in [-0.39, 0.29) is 0 Å². The summed E-state index contributed by atoms with van der Waals surface area (Å²) in [5.41, 5.74) is 4.73. The van der Waals surface area contributed by atoms with Gasteiger partial charge >= 0.3 is 0 Å². The van der Waals surface area contributed by atoms with Gasteiger partial charge in [0.1, 0.15) is 0 Å². The van der Waals surface area contributed by atoms with E-state index >= 15 is 0 Å². The van der Waals surface area contributed by atoms with E-state index in [2.05, 4.69) is 39.5 Å². The van der Waals surface area contributed by atoms with Crippen LogP contribution in [0.15, 0.2) is 24.3 Å². The first-order chi connectivity index (χ1) is 10.4. The summed E-state index contributed by atoms with van der Waals surface area (Å²) < 4.78 is 5.46. The molecular formula is C16H18N4O. The molecular weight excluding hydrogens is 264 g/mol. The minimum Gasteiger partial charge on any atom is -0.481 e. The highest BCUT2D eigenvalue weighted by molar-refractivity contribution is 5.64. The maximum atomic E-state index is 5.46. The van der Waals surface area contributed by atoms with E-state index in [4.69, 9.17) is 9.72 Å². The van der Waals surface area contributed by atoms with Crippen molar-refractivity contribution >= 4 is 11.6 Å². The molecule has 2 aliphatic rings. The summed E-state index contributed by atoms with van der Waals surface area (Å²) >= 11 is 0. The maximum Gasteiger partial charge on any atom is 0.233 e. The first-order valence-electron chi connectivity index (χ1n) is 7.37. The number of nitrogens with zero attached hydrogens (tertiary/aromatic N) is 3. The van der Waals surface area contributed by atoms with Crippen LogP contribution in [0.2, 0.25) is 0 Å². The molecule has 4 rings (SSSR count). The monoisotopic (exact) mass is 282 g/mol. The fourth-order valence-electron chi connectivity index (χ4n) is 3.16. The van der Waals surface area contributed by atoms with Gasteiger partial charge in [-0.1, -0.05) is 18.2 Å². The fraction of sp³-hybridized carbons (Fsp3) is 0.375. The molecule has 0 radical (unpaired) electrons. The van der Waals surface area contributed by atoms with E-state index in [1.807, 2.05) is 0 Å². The number of rotatable bonds is 2. The molecule has 0 aliphatic carbocycles. The summed E-state index contributed by atoms with van der Waals surface area (Å²) in [4.78, 5) is 11.6. The molecule has 3 heterocycles. The normalized spacial score (nSPS) is 16.5. The lowest BCUT2D eigenvalue weighted by molar-refractivity contribution is 0.391. The van der Waals surface area contributed by atoms with E-state index in [0.29, 0.717) is 5.88 Å². The molecule has 5 heteroatoms. The first-order valence-corrected chi connectivity index (χ1v) is 7.37. The van der Waals surface area contributed by atoms with Crippen LogP contribution in [0.1, 0.15) is 23.2 Å². The van der Waals surface area contributed by atoms with E-state index in [1.54, 1.807) is 7.11 Å². The average molecular weight is 282 g/mol. The molecule has 2 aliphatic heterocycles.